The molecule has 29 heavy (non-hydrogen) atoms. The summed E-state index contributed by atoms with van der Waals surface area (Å²) in [6, 6.07) is 12.8. The van der Waals surface area contributed by atoms with Crippen LogP contribution in [0, 0.1) is 0 Å². The van der Waals surface area contributed by atoms with E-state index in [1.807, 2.05) is 37.3 Å². The van der Waals surface area contributed by atoms with Crippen LogP contribution in [0.1, 0.15) is 28.5 Å². The molecule has 3 aromatic rings. The van der Waals surface area contributed by atoms with Crippen molar-refractivity contribution in [3.8, 4) is 5.75 Å². The van der Waals surface area contributed by atoms with Gasteiger partial charge in [0.25, 0.3) is 5.91 Å². The fraction of sp³-hybridized carbons (Fsp3) is 0.182. The summed E-state index contributed by atoms with van der Waals surface area (Å²) in [4.78, 5) is 27.9. The van der Waals surface area contributed by atoms with Crippen molar-refractivity contribution >= 4 is 40.4 Å². The molecule has 2 amide bonds. The van der Waals surface area contributed by atoms with E-state index >= 15 is 0 Å². The lowest BCUT2D eigenvalue weighted by atomic mass is 10.1. The number of hydrogen-bond donors (Lipinski definition) is 3. The molecule has 7 heteroatoms. The van der Waals surface area contributed by atoms with Gasteiger partial charge in [-0.1, -0.05) is 35.9 Å². The zero-order chi connectivity index (χ0) is 20.8. The summed E-state index contributed by atoms with van der Waals surface area (Å²) in [5, 5.41) is 6.97. The number of benzene rings is 2. The average molecular weight is 412 g/mol. The van der Waals surface area contributed by atoms with E-state index in [1.54, 1.807) is 25.3 Å². The van der Waals surface area contributed by atoms with E-state index in [4.69, 9.17) is 16.3 Å². The first-order valence-corrected chi connectivity index (χ1v) is 9.58. The second-order valence-corrected chi connectivity index (χ2v) is 6.76. The summed E-state index contributed by atoms with van der Waals surface area (Å²) in [6.45, 7) is 2.68. The largest absolute Gasteiger partial charge is 0.496 e. The van der Waals surface area contributed by atoms with Crippen LogP contribution in [0.25, 0.3) is 17.0 Å². The molecular weight excluding hydrogens is 390 g/mol. The first-order valence-electron chi connectivity index (χ1n) is 9.20. The van der Waals surface area contributed by atoms with Crippen LogP contribution in [0.4, 0.5) is 0 Å². The quantitative estimate of drug-likeness (QED) is 0.515. The smallest absolute Gasteiger partial charge is 0.268 e. The van der Waals surface area contributed by atoms with E-state index < -0.39 is 0 Å². The summed E-state index contributed by atoms with van der Waals surface area (Å²) < 4.78 is 5.29. The Labute approximate surface area is 173 Å². The lowest BCUT2D eigenvalue weighted by Gasteiger charge is -2.08. The van der Waals surface area contributed by atoms with Gasteiger partial charge in [0, 0.05) is 46.2 Å². The Hall–Kier alpha value is -3.25. The van der Waals surface area contributed by atoms with Crippen LogP contribution in [0.5, 0.6) is 5.75 Å². The Morgan fingerprint density at radius 1 is 1.17 bits per heavy atom. The van der Waals surface area contributed by atoms with Crippen molar-refractivity contribution in [1.29, 1.82) is 0 Å². The molecule has 0 aliphatic heterocycles. The minimum atomic E-state index is -0.277. The summed E-state index contributed by atoms with van der Waals surface area (Å²) in [6.07, 6.45) is 3.05. The molecule has 150 valence electrons. The highest BCUT2D eigenvalue weighted by Crippen LogP contribution is 2.26. The van der Waals surface area contributed by atoms with Gasteiger partial charge in [-0.3, -0.25) is 9.59 Å². The van der Waals surface area contributed by atoms with Crippen molar-refractivity contribution in [2.24, 2.45) is 0 Å². The number of nitrogens with one attached hydrogen (secondary N) is 3. The molecule has 1 aromatic heterocycles. The maximum atomic E-state index is 12.4. The molecule has 0 aliphatic carbocycles. The molecule has 3 N–H and O–H groups in total. The highest BCUT2D eigenvalue weighted by molar-refractivity contribution is 6.31. The number of rotatable bonds is 7. The zero-order valence-electron chi connectivity index (χ0n) is 16.2. The monoisotopic (exact) mass is 411 g/mol. The van der Waals surface area contributed by atoms with Crippen LogP contribution < -0.4 is 15.4 Å². The zero-order valence-corrected chi connectivity index (χ0v) is 17.0. The lowest BCUT2D eigenvalue weighted by Crippen LogP contribution is -2.23. The van der Waals surface area contributed by atoms with E-state index in [2.05, 4.69) is 15.6 Å². The van der Waals surface area contributed by atoms with Crippen molar-refractivity contribution in [3.05, 3.63) is 70.4 Å². The van der Waals surface area contributed by atoms with Crippen molar-refractivity contribution in [2.75, 3.05) is 13.7 Å². The molecule has 0 fully saturated rings. The van der Waals surface area contributed by atoms with E-state index in [0.29, 0.717) is 35.1 Å². The Balaban J connectivity index is 1.82. The molecule has 0 spiro atoms. The van der Waals surface area contributed by atoms with Crippen molar-refractivity contribution in [3.63, 3.8) is 0 Å². The van der Waals surface area contributed by atoms with E-state index in [-0.39, 0.29) is 11.8 Å². The summed E-state index contributed by atoms with van der Waals surface area (Å²) in [5.41, 5.74) is 2.63. The number of carbonyl (C=O) groups excluding carboxylic acids is 2. The molecule has 3 rings (SSSR count). The number of para-hydroxylation sites is 1. The second kappa shape index (κ2) is 9.30. The van der Waals surface area contributed by atoms with E-state index in [1.165, 1.54) is 6.08 Å². The molecule has 0 radical (unpaired) electrons. The standard InChI is InChI=1S/C22H22ClN3O3/c1-3-24-22(28)21-17(16-9-8-15(23)12-18(16)26-21)10-11-20(27)25-13-14-6-4-5-7-19(14)29-2/h4-12,26H,3,13H2,1-2H3,(H,24,28)(H,25,27)/b11-10+. The topological polar surface area (TPSA) is 83.2 Å². The molecule has 2 aromatic carbocycles. The van der Waals surface area contributed by atoms with Crippen LogP contribution in [-0.2, 0) is 11.3 Å². The normalized spacial score (nSPS) is 11.0. The first kappa shape index (κ1) is 20.5. The maximum absolute atomic E-state index is 12.4. The predicted molar refractivity (Wildman–Crippen MR) is 115 cm³/mol. The van der Waals surface area contributed by atoms with Gasteiger partial charge in [-0.05, 0) is 31.2 Å². The summed E-state index contributed by atoms with van der Waals surface area (Å²) in [7, 11) is 1.59. The molecule has 1 heterocycles. The molecule has 6 nitrogen and oxygen atoms in total. The number of carbonyl (C=O) groups is 2. The van der Waals surface area contributed by atoms with Gasteiger partial charge >= 0.3 is 0 Å². The minimum absolute atomic E-state index is 0.242. The third kappa shape index (κ3) is 4.78. The second-order valence-electron chi connectivity index (χ2n) is 6.33. The molecule has 0 saturated carbocycles. The lowest BCUT2D eigenvalue weighted by molar-refractivity contribution is -0.116. The molecule has 0 atom stereocenters. The van der Waals surface area contributed by atoms with Crippen molar-refractivity contribution in [2.45, 2.75) is 13.5 Å². The van der Waals surface area contributed by atoms with Gasteiger partial charge in [-0.25, -0.2) is 0 Å². The van der Waals surface area contributed by atoms with Gasteiger partial charge in [-0.2, -0.15) is 0 Å². The number of fused-ring (bicyclic) bond motifs is 1. The minimum Gasteiger partial charge on any atom is -0.496 e. The van der Waals surface area contributed by atoms with E-state index in [9.17, 15) is 9.59 Å². The third-order valence-corrected chi connectivity index (χ3v) is 4.65. The fourth-order valence-electron chi connectivity index (χ4n) is 3.04. The van der Waals surface area contributed by atoms with Gasteiger partial charge in [0.05, 0.1) is 7.11 Å². The third-order valence-electron chi connectivity index (χ3n) is 4.41. The first-order chi connectivity index (χ1) is 14.0. The molecule has 0 saturated heterocycles. The fourth-order valence-corrected chi connectivity index (χ4v) is 3.21. The van der Waals surface area contributed by atoms with E-state index in [0.717, 1.165) is 16.5 Å². The molecule has 0 unspecified atom stereocenters. The number of aromatic amines is 1. The van der Waals surface area contributed by atoms with Gasteiger partial charge in [-0.15, -0.1) is 0 Å². The Morgan fingerprint density at radius 3 is 2.72 bits per heavy atom. The van der Waals surface area contributed by atoms with Crippen LogP contribution in [-0.4, -0.2) is 30.5 Å². The number of hydrogen-bond acceptors (Lipinski definition) is 3. The Bertz CT molecular complexity index is 1070. The number of amides is 2. The van der Waals surface area contributed by atoms with Gasteiger partial charge in [0.15, 0.2) is 0 Å². The van der Waals surface area contributed by atoms with Crippen LogP contribution in [0.3, 0.4) is 0 Å². The number of H-pyrrole nitrogens is 1. The highest BCUT2D eigenvalue weighted by atomic mass is 35.5. The molecule has 0 bridgehead atoms. The SMILES string of the molecule is CCNC(=O)c1[nH]c2cc(Cl)ccc2c1/C=C/C(=O)NCc1ccccc1OC. The Kier molecular flexibility index (Phi) is 6.57. The van der Waals surface area contributed by atoms with Crippen molar-refractivity contribution in [1.82, 2.24) is 15.6 Å². The number of halogens is 1. The van der Waals surface area contributed by atoms with Gasteiger partial charge in [0.1, 0.15) is 11.4 Å². The predicted octanol–water partition coefficient (Wildman–Crippen LogP) is 3.91. The van der Waals surface area contributed by atoms with Crippen LogP contribution >= 0.6 is 11.6 Å². The van der Waals surface area contributed by atoms with Crippen LogP contribution in [0.2, 0.25) is 5.02 Å². The Morgan fingerprint density at radius 2 is 1.97 bits per heavy atom. The maximum Gasteiger partial charge on any atom is 0.268 e. The van der Waals surface area contributed by atoms with Crippen molar-refractivity contribution < 1.29 is 14.3 Å². The molecular formula is C22H22ClN3O3. The molecule has 0 aliphatic rings. The summed E-state index contributed by atoms with van der Waals surface area (Å²) in [5.74, 6) is 0.193. The number of ether oxygens (including phenoxy) is 1. The van der Waals surface area contributed by atoms with Gasteiger partial charge in [0.2, 0.25) is 5.91 Å². The summed E-state index contributed by atoms with van der Waals surface area (Å²) >= 11 is 6.06. The highest BCUT2D eigenvalue weighted by Gasteiger charge is 2.16. The van der Waals surface area contributed by atoms with Crippen LogP contribution in [0.15, 0.2) is 48.5 Å². The average Bonchev–Trinajstić information content (AvgIpc) is 3.08. The number of methoxy groups -OCH3 is 1. The van der Waals surface area contributed by atoms with Gasteiger partial charge < -0.3 is 20.4 Å². The number of aromatic nitrogens is 1.